The van der Waals surface area contributed by atoms with Crippen LogP contribution < -0.4 is 16.0 Å². The molecular weight excluding hydrogens is 390 g/mol. The van der Waals surface area contributed by atoms with Gasteiger partial charge in [0.1, 0.15) is 5.39 Å². The molecule has 1 aliphatic heterocycles. The van der Waals surface area contributed by atoms with Crippen molar-refractivity contribution in [1.29, 1.82) is 0 Å². The van der Waals surface area contributed by atoms with Crippen molar-refractivity contribution in [3.8, 4) is 5.88 Å². The largest absolute Gasteiger partial charge is 0.474 e. The first-order valence-corrected chi connectivity index (χ1v) is 11.2. The molecule has 0 aliphatic carbocycles. The zero-order valence-electron chi connectivity index (χ0n) is 18.4. The van der Waals surface area contributed by atoms with E-state index in [0.29, 0.717) is 17.4 Å². The maximum atomic E-state index is 13.3. The fraction of sp³-hybridized carbons (Fsp3) is 0.458. The first-order chi connectivity index (χ1) is 15.0. The van der Waals surface area contributed by atoms with E-state index in [9.17, 15) is 4.79 Å². The van der Waals surface area contributed by atoms with Gasteiger partial charge in [0.15, 0.2) is 0 Å². The van der Waals surface area contributed by atoms with Crippen LogP contribution in [0.5, 0.6) is 5.88 Å². The first kappa shape index (κ1) is 21.3. The third kappa shape index (κ3) is 5.05. The quantitative estimate of drug-likeness (QED) is 0.598. The van der Waals surface area contributed by atoms with Gasteiger partial charge in [0.2, 0.25) is 11.8 Å². The third-order valence-corrected chi connectivity index (χ3v) is 5.80. The minimum absolute atomic E-state index is 0.0568. The Morgan fingerprint density at radius 2 is 1.74 bits per heavy atom. The predicted octanol–water partition coefficient (Wildman–Crippen LogP) is 3.59. The summed E-state index contributed by atoms with van der Waals surface area (Å²) in [7, 11) is 0. The van der Waals surface area contributed by atoms with Gasteiger partial charge in [-0.25, -0.2) is 4.98 Å². The maximum Gasteiger partial charge on any atom is 0.265 e. The van der Waals surface area contributed by atoms with Gasteiger partial charge < -0.3 is 15.0 Å². The molecule has 0 spiro atoms. The van der Waals surface area contributed by atoms with Gasteiger partial charge in [-0.15, -0.1) is 0 Å². The third-order valence-electron chi connectivity index (χ3n) is 5.80. The second-order valence-corrected chi connectivity index (χ2v) is 8.41. The Kier molecular flexibility index (Phi) is 6.51. The lowest BCUT2D eigenvalue weighted by Crippen LogP contribution is -2.23. The number of nitrogens with two attached hydrogens (primary N) is 1. The average Bonchev–Trinajstić information content (AvgIpc) is 3.24. The number of nitrogen functional groups attached to an aromatic ring is 1. The van der Waals surface area contributed by atoms with Crippen LogP contribution >= 0.6 is 0 Å². The van der Waals surface area contributed by atoms with Crippen molar-refractivity contribution in [3.05, 3.63) is 58.0 Å². The normalized spacial score (nSPS) is 15.4. The Bertz CT molecular complexity index is 1090. The Balaban J connectivity index is 1.58. The number of hydrogen-bond donors (Lipinski definition) is 1. The highest BCUT2D eigenvalue weighted by Gasteiger charge is 2.16. The number of anilines is 1. The summed E-state index contributed by atoms with van der Waals surface area (Å²) in [6, 6.07) is 10.3. The predicted molar refractivity (Wildman–Crippen MR) is 123 cm³/mol. The summed E-state index contributed by atoms with van der Waals surface area (Å²) in [5.41, 5.74) is 8.56. The summed E-state index contributed by atoms with van der Waals surface area (Å²) < 4.78 is 7.64. The molecule has 1 unspecified atom stereocenters. The van der Waals surface area contributed by atoms with Crippen LogP contribution in [0.1, 0.15) is 50.7 Å². The SMILES string of the molecule is CCCC(C)Oc1nc(N)nc2ccn(Cc3ccc(CN4CCCC4)cc3)c(=O)c12. The van der Waals surface area contributed by atoms with Crippen LogP contribution in [0.3, 0.4) is 0 Å². The Hall–Kier alpha value is -2.93. The molecule has 0 saturated carbocycles. The highest BCUT2D eigenvalue weighted by Crippen LogP contribution is 2.22. The molecule has 0 radical (unpaired) electrons. The van der Waals surface area contributed by atoms with Crippen molar-refractivity contribution in [1.82, 2.24) is 19.4 Å². The van der Waals surface area contributed by atoms with E-state index >= 15 is 0 Å². The smallest absolute Gasteiger partial charge is 0.265 e. The second-order valence-electron chi connectivity index (χ2n) is 8.41. The molecule has 7 nitrogen and oxygen atoms in total. The van der Waals surface area contributed by atoms with E-state index in [1.54, 1.807) is 16.8 Å². The molecule has 7 heteroatoms. The Labute approximate surface area is 182 Å². The molecule has 1 aliphatic rings. The van der Waals surface area contributed by atoms with Crippen LogP contribution in [-0.2, 0) is 13.1 Å². The molecule has 2 N–H and O–H groups in total. The number of likely N-dealkylation sites (tertiary alicyclic amines) is 1. The van der Waals surface area contributed by atoms with Crippen molar-refractivity contribution in [3.63, 3.8) is 0 Å². The lowest BCUT2D eigenvalue weighted by Gasteiger charge is -2.16. The van der Waals surface area contributed by atoms with Gasteiger partial charge in [-0.2, -0.15) is 4.98 Å². The number of pyridine rings is 1. The van der Waals surface area contributed by atoms with Gasteiger partial charge in [0.25, 0.3) is 5.56 Å². The van der Waals surface area contributed by atoms with Crippen molar-refractivity contribution in [2.45, 2.75) is 58.7 Å². The number of benzene rings is 1. The number of nitrogens with zero attached hydrogens (tertiary/aromatic N) is 4. The van der Waals surface area contributed by atoms with Crippen LogP contribution in [0, 0.1) is 0 Å². The highest BCUT2D eigenvalue weighted by molar-refractivity contribution is 5.83. The van der Waals surface area contributed by atoms with Gasteiger partial charge in [-0.3, -0.25) is 9.69 Å². The Morgan fingerprint density at radius 3 is 2.42 bits per heavy atom. The van der Waals surface area contributed by atoms with E-state index in [4.69, 9.17) is 10.5 Å². The molecule has 0 bridgehead atoms. The van der Waals surface area contributed by atoms with Gasteiger partial charge in [-0.1, -0.05) is 37.6 Å². The zero-order valence-corrected chi connectivity index (χ0v) is 18.4. The summed E-state index contributed by atoms with van der Waals surface area (Å²) in [6.07, 6.45) is 6.14. The topological polar surface area (TPSA) is 86.3 Å². The molecule has 1 fully saturated rings. The molecule has 3 aromatic rings. The first-order valence-electron chi connectivity index (χ1n) is 11.2. The van der Waals surface area contributed by atoms with Gasteiger partial charge in [0.05, 0.1) is 18.2 Å². The molecule has 1 atom stereocenters. The van der Waals surface area contributed by atoms with Crippen LogP contribution in [0.15, 0.2) is 41.3 Å². The van der Waals surface area contributed by atoms with Gasteiger partial charge in [0, 0.05) is 12.7 Å². The minimum Gasteiger partial charge on any atom is -0.474 e. The molecule has 2 aromatic heterocycles. The minimum atomic E-state index is -0.169. The molecule has 3 heterocycles. The lowest BCUT2D eigenvalue weighted by molar-refractivity contribution is 0.204. The van der Waals surface area contributed by atoms with Crippen LogP contribution in [0.2, 0.25) is 0 Å². The number of ether oxygens (including phenoxy) is 1. The molecule has 4 rings (SSSR count). The molecule has 0 amide bonds. The fourth-order valence-corrected chi connectivity index (χ4v) is 4.18. The van der Waals surface area contributed by atoms with E-state index in [-0.39, 0.29) is 23.5 Å². The van der Waals surface area contributed by atoms with Crippen molar-refractivity contribution >= 4 is 16.9 Å². The van der Waals surface area contributed by atoms with Gasteiger partial charge >= 0.3 is 0 Å². The van der Waals surface area contributed by atoms with E-state index < -0.39 is 0 Å². The van der Waals surface area contributed by atoms with Gasteiger partial charge in [-0.05, 0) is 56.5 Å². The molecule has 164 valence electrons. The van der Waals surface area contributed by atoms with E-state index in [1.807, 2.05) is 6.92 Å². The zero-order chi connectivity index (χ0) is 21.8. The number of aromatic nitrogens is 3. The molecule has 31 heavy (non-hydrogen) atoms. The summed E-state index contributed by atoms with van der Waals surface area (Å²) in [6.45, 7) is 7.90. The number of rotatable bonds is 8. The summed E-state index contributed by atoms with van der Waals surface area (Å²) in [4.78, 5) is 24.2. The van der Waals surface area contributed by atoms with E-state index in [1.165, 1.54) is 31.5 Å². The molecular formula is C24H31N5O2. The molecule has 1 saturated heterocycles. The summed E-state index contributed by atoms with van der Waals surface area (Å²) in [5, 5.41) is 0.380. The monoisotopic (exact) mass is 421 g/mol. The van der Waals surface area contributed by atoms with Crippen molar-refractivity contribution in [2.75, 3.05) is 18.8 Å². The van der Waals surface area contributed by atoms with Crippen LogP contribution in [0.4, 0.5) is 5.95 Å². The lowest BCUT2D eigenvalue weighted by atomic mass is 10.1. The number of fused-ring (bicyclic) bond motifs is 1. The Morgan fingerprint density at radius 1 is 1.06 bits per heavy atom. The van der Waals surface area contributed by atoms with E-state index in [2.05, 4.69) is 46.1 Å². The second kappa shape index (κ2) is 9.47. The van der Waals surface area contributed by atoms with Crippen LogP contribution in [-0.4, -0.2) is 38.6 Å². The van der Waals surface area contributed by atoms with Crippen molar-refractivity contribution in [2.24, 2.45) is 0 Å². The average molecular weight is 422 g/mol. The summed E-state index contributed by atoms with van der Waals surface area (Å²) >= 11 is 0. The molecule has 1 aromatic carbocycles. The number of hydrogen-bond acceptors (Lipinski definition) is 6. The fourth-order valence-electron chi connectivity index (χ4n) is 4.18. The van der Waals surface area contributed by atoms with E-state index in [0.717, 1.165) is 24.9 Å². The summed E-state index contributed by atoms with van der Waals surface area (Å²) in [5.74, 6) is 0.376. The standard InChI is InChI=1S/C24H31N5O2/c1-3-6-17(2)31-22-21-20(26-24(25)27-22)11-14-29(23(21)30)16-19-9-7-18(8-10-19)15-28-12-4-5-13-28/h7-11,14,17H,3-6,12-13,15-16H2,1-2H3,(H2,25,26,27). The van der Waals surface area contributed by atoms with Crippen LogP contribution in [0.25, 0.3) is 10.9 Å². The highest BCUT2D eigenvalue weighted by atomic mass is 16.5. The van der Waals surface area contributed by atoms with Crippen molar-refractivity contribution < 1.29 is 4.74 Å². The maximum absolute atomic E-state index is 13.3.